The Kier molecular flexibility index (Phi) is 6.31. The van der Waals surface area contributed by atoms with E-state index in [1.165, 1.54) is 37.0 Å². The Hall–Kier alpha value is -1.87. The highest BCUT2D eigenvalue weighted by Crippen LogP contribution is 2.35. The Labute approximate surface area is 173 Å². The Morgan fingerprint density at radius 3 is 1.96 bits per heavy atom. The molecule has 0 aliphatic heterocycles. The maximum atomic E-state index is 11.8. The fraction of sp³-hybridized carbons (Fsp3) is 0.632. The normalized spacial score (nSPS) is 16.1. The van der Waals surface area contributed by atoms with E-state index in [2.05, 4.69) is 37.6 Å². The van der Waals surface area contributed by atoms with Gasteiger partial charge in [0, 0.05) is 25.0 Å². The molecule has 9 heteroatoms. The molecule has 2 heterocycles. The van der Waals surface area contributed by atoms with Crippen LogP contribution in [0, 0.1) is 11.8 Å². The number of rotatable bonds is 12. The van der Waals surface area contributed by atoms with E-state index in [1.54, 1.807) is 11.3 Å². The second-order valence-electron chi connectivity index (χ2n) is 7.78. The number of nitrogens with zero attached hydrogens (tertiary/aromatic N) is 4. The molecule has 2 aliphatic rings. The van der Waals surface area contributed by atoms with Crippen molar-refractivity contribution >= 4 is 38.8 Å². The van der Waals surface area contributed by atoms with Crippen LogP contribution in [0.5, 0.6) is 0 Å². The average molecular weight is 419 g/mol. The van der Waals surface area contributed by atoms with Gasteiger partial charge in [0.1, 0.15) is 10.0 Å². The number of nitrogens with one attached hydrogen (secondary N) is 2. The van der Waals surface area contributed by atoms with Gasteiger partial charge < -0.3 is 10.6 Å². The highest BCUT2D eigenvalue weighted by Gasteiger charge is 2.25. The monoisotopic (exact) mass is 418 g/mol. The van der Waals surface area contributed by atoms with E-state index in [0.29, 0.717) is 17.5 Å². The summed E-state index contributed by atoms with van der Waals surface area (Å²) in [5.74, 6) is 1.46. The van der Waals surface area contributed by atoms with Gasteiger partial charge >= 0.3 is 0 Å². The fourth-order valence-corrected chi connectivity index (χ4v) is 4.62. The van der Waals surface area contributed by atoms with E-state index in [0.717, 1.165) is 58.9 Å². The average Bonchev–Trinajstić information content (AvgIpc) is 3.55. The third kappa shape index (κ3) is 6.34. The molecule has 0 spiro atoms. The maximum absolute atomic E-state index is 11.8. The molecule has 2 N–H and O–H groups in total. The van der Waals surface area contributed by atoms with E-state index in [-0.39, 0.29) is 5.91 Å². The predicted molar refractivity (Wildman–Crippen MR) is 113 cm³/mol. The van der Waals surface area contributed by atoms with Gasteiger partial charge in [-0.1, -0.05) is 29.3 Å². The summed E-state index contributed by atoms with van der Waals surface area (Å²) in [7, 11) is 0. The van der Waals surface area contributed by atoms with Crippen molar-refractivity contribution in [1.29, 1.82) is 0 Å². The molecule has 0 bridgehead atoms. The van der Waals surface area contributed by atoms with Crippen LogP contribution in [0.1, 0.15) is 61.4 Å². The summed E-state index contributed by atoms with van der Waals surface area (Å²) in [6.45, 7) is 4.08. The lowest BCUT2D eigenvalue weighted by Gasteiger charge is -2.03. The number of carbonyl (C=O) groups excluding carboxylic acids is 1. The number of carbonyl (C=O) groups is 1. The van der Waals surface area contributed by atoms with E-state index in [1.807, 2.05) is 0 Å². The summed E-state index contributed by atoms with van der Waals surface area (Å²) >= 11 is 3.09. The van der Waals surface area contributed by atoms with Gasteiger partial charge in [-0.3, -0.25) is 4.79 Å². The van der Waals surface area contributed by atoms with Crippen LogP contribution >= 0.6 is 22.7 Å². The Morgan fingerprint density at radius 1 is 0.857 bits per heavy atom. The van der Waals surface area contributed by atoms with E-state index in [4.69, 9.17) is 0 Å². The minimum absolute atomic E-state index is 0.0608. The second kappa shape index (κ2) is 9.09. The van der Waals surface area contributed by atoms with Crippen molar-refractivity contribution < 1.29 is 4.79 Å². The number of amides is 1. The van der Waals surface area contributed by atoms with Crippen molar-refractivity contribution in [2.75, 3.05) is 10.6 Å². The molecule has 0 atom stereocenters. The molecular weight excluding hydrogens is 392 g/mol. The Morgan fingerprint density at radius 2 is 1.39 bits per heavy atom. The van der Waals surface area contributed by atoms with Crippen molar-refractivity contribution in [2.24, 2.45) is 11.8 Å². The third-order valence-corrected chi connectivity index (χ3v) is 6.69. The van der Waals surface area contributed by atoms with Crippen LogP contribution in [0.3, 0.4) is 0 Å². The first-order chi connectivity index (χ1) is 13.6. The first-order valence-corrected chi connectivity index (χ1v) is 11.7. The summed E-state index contributed by atoms with van der Waals surface area (Å²) in [5.41, 5.74) is 1.04. The topological polar surface area (TPSA) is 92.7 Å². The van der Waals surface area contributed by atoms with Crippen molar-refractivity contribution in [2.45, 2.75) is 64.2 Å². The summed E-state index contributed by atoms with van der Waals surface area (Å²) in [6, 6.07) is 0. The number of aryl methyl sites for hydroxylation is 2. The lowest BCUT2D eigenvalue weighted by Crippen LogP contribution is -2.11. The molecule has 0 saturated heterocycles. The first kappa shape index (κ1) is 19.4. The molecule has 2 aromatic rings. The van der Waals surface area contributed by atoms with Gasteiger partial charge in [-0.2, -0.15) is 0 Å². The Bertz CT molecular complexity index is 756. The van der Waals surface area contributed by atoms with Gasteiger partial charge in [0.25, 0.3) is 0 Å². The van der Waals surface area contributed by atoms with Crippen LogP contribution in [-0.4, -0.2) is 26.3 Å². The molecule has 4 rings (SSSR count). The smallest absolute Gasteiger partial charge is 0.226 e. The SMILES string of the molecule is C=C(CC1CC1)Nc1nnc(CCCCc2nnc(NC(=O)CC3CC3)s2)s1. The van der Waals surface area contributed by atoms with Crippen LogP contribution in [0.25, 0.3) is 0 Å². The van der Waals surface area contributed by atoms with Gasteiger partial charge in [-0.15, -0.1) is 20.4 Å². The second-order valence-corrected chi connectivity index (χ2v) is 9.90. The fourth-order valence-electron chi connectivity index (χ4n) is 2.99. The summed E-state index contributed by atoms with van der Waals surface area (Å²) in [6.07, 6.45) is 10.5. The van der Waals surface area contributed by atoms with Crippen molar-refractivity contribution in [3.05, 3.63) is 22.3 Å². The predicted octanol–water partition coefficient (Wildman–Crippen LogP) is 4.42. The van der Waals surface area contributed by atoms with Crippen LogP contribution in [0.15, 0.2) is 12.3 Å². The zero-order valence-electron chi connectivity index (χ0n) is 15.9. The number of anilines is 2. The summed E-state index contributed by atoms with van der Waals surface area (Å²) in [4.78, 5) is 11.8. The molecule has 2 fully saturated rings. The maximum Gasteiger partial charge on any atom is 0.226 e. The zero-order chi connectivity index (χ0) is 19.3. The van der Waals surface area contributed by atoms with Gasteiger partial charge in [0.05, 0.1) is 0 Å². The molecular formula is C19H26N6OS2. The molecule has 2 aromatic heterocycles. The van der Waals surface area contributed by atoms with Gasteiger partial charge in [0.2, 0.25) is 16.2 Å². The van der Waals surface area contributed by atoms with Gasteiger partial charge in [-0.05, 0) is 56.8 Å². The molecule has 28 heavy (non-hydrogen) atoms. The largest absolute Gasteiger partial charge is 0.334 e. The number of hydrogen-bond donors (Lipinski definition) is 2. The first-order valence-electron chi connectivity index (χ1n) is 10.0. The van der Waals surface area contributed by atoms with E-state index in [9.17, 15) is 4.79 Å². The molecule has 2 aliphatic carbocycles. The molecule has 2 saturated carbocycles. The quantitative estimate of drug-likeness (QED) is 0.496. The summed E-state index contributed by atoms with van der Waals surface area (Å²) in [5, 5.41) is 26.4. The minimum Gasteiger partial charge on any atom is -0.334 e. The zero-order valence-corrected chi connectivity index (χ0v) is 17.6. The minimum atomic E-state index is 0.0608. The van der Waals surface area contributed by atoms with E-state index < -0.39 is 0 Å². The number of aromatic nitrogens is 4. The third-order valence-electron chi connectivity index (χ3n) is 4.90. The molecule has 0 aromatic carbocycles. The molecule has 1 amide bonds. The van der Waals surface area contributed by atoms with Crippen molar-refractivity contribution in [1.82, 2.24) is 20.4 Å². The number of allylic oxidation sites excluding steroid dienone is 1. The molecule has 150 valence electrons. The van der Waals surface area contributed by atoms with Crippen LogP contribution in [0.4, 0.5) is 10.3 Å². The highest BCUT2D eigenvalue weighted by atomic mass is 32.1. The van der Waals surface area contributed by atoms with Crippen molar-refractivity contribution in [3.63, 3.8) is 0 Å². The molecule has 0 unspecified atom stereocenters. The van der Waals surface area contributed by atoms with Crippen molar-refractivity contribution in [3.8, 4) is 0 Å². The van der Waals surface area contributed by atoms with Gasteiger partial charge in [-0.25, -0.2) is 0 Å². The van der Waals surface area contributed by atoms with E-state index >= 15 is 0 Å². The lowest BCUT2D eigenvalue weighted by molar-refractivity contribution is -0.116. The summed E-state index contributed by atoms with van der Waals surface area (Å²) < 4.78 is 0. The van der Waals surface area contributed by atoms with Gasteiger partial charge in [0.15, 0.2) is 0 Å². The lowest BCUT2D eigenvalue weighted by atomic mass is 10.2. The Balaban J connectivity index is 1.13. The number of unbranched alkanes of at least 4 members (excludes halogenated alkanes) is 1. The highest BCUT2D eigenvalue weighted by molar-refractivity contribution is 7.15. The van der Waals surface area contributed by atoms with Crippen LogP contribution in [0.2, 0.25) is 0 Å². The van der Waals surface area contributed by atoms with Crippen LogP contribution in [-0.2, 0) is 17.6 Å². The molecule has 0 radical (unpaired) electrons. The molecule has 7 nitrogen and oxygen atoms in total. The number of hydrogen-bond acceptors (Lipinski definition) is 8. The van der Waals surface area contributed by atoms with Crippen LogP contribution < -0.4 is 10.6 Å². The standard InChI is InChI=1S/C19H26N6OS2/c1-12(10-13-6-7-13)20-18-24-22-16(27-18)4-2-3-5-17-23-25-19(28-17)21-15(26)11-14-8-9-14/h13-14H,1-11H2,(H,20,24)(H,21,25,26).